The zero-order valence-electron chi connectivity index (χ0n) is 8.46. The van der Waals surface area contributed by atoms with Crippen LogP contribution in [0, 0.1) is 5.95 Å². The van der Waals surface area contributed by atoms with Gasteiger partial charge in [-0.3, -0.25) is 0 Å². The van der Waals surface area contributed by atoms with Crippen molar-refractivity contribution in [2.24, 2.45) is 0 Å². The summed E-state index contributed by atoms with van der Waals surface area (Å²) < 4.78 is 18.5. The number of hydrogen-bond donors (Lipinski definition) is 0. The van der Waals surface area contributed by atoms with Gasteiger partial charge >= 0.3 is 0 Å². The van der Waals surface area contributed by atoms with E-state index < -0.39 is 5.95 Å². The van der Waals surface area contributed by atoms with Gasteiger partial charge in [-0.2, -0.15) is 4.39 Å². The highest BCUT2D eigenvalue weighted by Gasteiger charge is 2.25. The Labute approximate surface area is 83.1 Å². The first-order chi connectivity index (χ1) is 6.66. The fourth-order valence-electron chi connectivity index (χ4n) is 1.32. The van der Waals surface area contributed by atoms with Gasteiger partial charge in [0.15, 0.2) is 0 Å². The second-order valence-electron chi connectivity index (χ2n) is 4.02. The van der Waals surface area contributed by atoms with Gasteiger partial charge in [-0.05, 0) is 18.8 Å². The van der Waals surface area contributed by atoms with Gasteiger partial charge in [0.05, 0.1) is 6.10 Å². The Hall–Kier alpha value is -1.12. The predicted molar refractivity (Wildman–Crippen MR) is 51.9 cm³/mol. The Morgan fingerprint density at radius 3 is 2.79 bits per heavy atom. The molecule has 0 saturated heterocycles. The van der Waals surface area contributed by atoms with Gasteiger partial charge in [-0.25, -0.2) is 4.98 Å². The summed E-state index contributed by atoms with van der Waals surface area (Å²) in [6, 6.07) is 1.38. The molecule has 1 saturated carbocycles. The summed E-state index contributed by atoms with van der Waals surface area (Å²) >= 11 is 0. The van der Waals surface area contributed by atoms with Crippen LogP contribution in [-0.4, -0.2) is 11.1 Å². The van der Waals surface area contributed by atoms with Crippen LogP contribution in [0.25, 0.3) is 0 Å². The van der Waals surface area contributed by atoms with Gasteiger partial charge in [-0.1, -0.05) is 13.8 Å². The number of rotatable bonds is 3. The quantitative estimate of drug-likeness (QED) is 0.692. The highest BCUT2D eigenvalue weighted by atomic mass is 19.1. The molecular formula is C11H14FNO. The van der Waals surface area contributed by atoms with Crippen molar-refractivity contribution in [3.05, 3.63) is 23.8 Å². The molecule has 1 aliphatic carbocycles. The topological polar surface area (TPSA) is 22.1 Å². The van der Waals surface area contributed by atoms with Crippen molar-refractivity contribution >= 4 is 0 Å². The lowest BCUT2D eigenvalue weighted by atomic mass is 10.1. The van der Waals surface area contributed by atoms with Crippen LogP contribution < -0.4 is 4.74 Å². The molecule has 0 bridgehead atoms. The first-order valence-electron chi connectivity index (χ1n) is 4.99. The maximum atomic E-state index is 12.9. The predicted octanol–water partition coefficient (Wildman–Crippen LogP) is 2.89. The number of hydrogen-bond acceptors (Lipinski definition) is 2. The van der Waals surface area contributed by atoms with E-state index in [0.29, 0.717) is 17.8 Å². The second-order valence-corrected chi connectivity index (χ2v) is 4.02. The minimum Gasteiger partial charge on any atom is -0.490 e. The van der Waals surface area contributed by atoms with E-state index in [4.69, 9.17) is 4.74 Å². The normalized spacial score (nSPS) is 16.0. The average molecular weight is 195 g/mol. The van der Waals surface area contributed by atoms with Gasteiger partial charge in [0.1, 0.15) is 5.75 Å². The summed E-state index contributed by atoms with van der Waals surface area (Å²) in [4.78, 5) is 3.64. The molecule has 1 heterocycles. The largest absolute Gasteiger partial charge is 0.490 e. The van der Waals surface area contributed by atoms with Crippen LogP contribution in [0.5, 0.6) is 5.75 Å². The highest BCUT2D eigenvalue weighted by Crippen LogP contribution is 2.32. The summed E-state index contributed by atoms with van der Waals surface area (Å²) in [5, 5.41) is 0. The summed E-state index contributed by atoms with van der Waals surface area (Å²) in [5.41, 5.74) is 0.985. The smallest absolute Gasteiger partial charge is 0.216 e. The molecule has 0 aliphatic heterocycles. The molecule has 1 aromatic heterocycles. The van der Waals surface area contributed by atoms with Crippen LogP contribution in [0.2, 0.25) is 0 Å². The van der Waals surface area contributed by atoms with Gasteiger partial charge in [0, 0.05) is 17.8 Å². The first kappa shape index (κ1) is 9.44. The third-order valence-electron chi connectivity index (χ3n) is 2.30. The van der Waals surface area contributed by atoms with Crippen molar-refractivity contribution in [3.8, 4) is 5.75 Å². The molecule has 2 rings (SSSR count). The Balaban J connectivity index is 2.27. The van der Waals surface area contributed by atoms with Crippen LogP contribution >= 0.6 is 0 Å². The van der Waals surface area contributed by atoms with E-state index in [9.17, 15) is 4.39 Å². The van der Waals surface area contributed by atoms with Crippen LogP contribution in [0.1, 0.15) is 38.2 Å². The van der Waals surface area contributed by atoms with Crippen LogP contribution in [0.15, 0.2) is 12.3 Å². The Kier molecular flexibility index (Phi) is 2.40. The van der Waals surface area contributed by atoms with Crippen LogP contribution in [0.4, 0.5) is 4.39 Å². The molecule has 0 N–H and O–H groups in total. The average Bonchev–Trinajstić information content (AvgIpc) is 2.87. The molecule has 1 aromatic rings. The fraction of sp³-hybridized carbons (Fsp3) is 0.545. The number of halogens is 1. The summed E-state index contributed by atoms with van der Waals surface area (Å²) in [6.07, 6.45) is 4.04. The van der Waals surface area contributed by atoms with Gasteiger partial charge in [-0.15, -0.1) is 0 Å². The van der Waals surface area contributed by atoms with Gasteiger partial charge in [0.25, 0.3) is 0 Å². The molecule has 14 heavy (non-hydrogen) atoms. The number of aromatic nitrogens is 1. The first-order valence-corrected chi connectivity index (χ1v) is 4.99. The monoisotopic (exact) mass is 195 g/mol. The van der Waals surface area contributed by atoms with E-state index in [1.807, 2.05) is 0 Å². The molecule has 3 heteroatoms. The highest BCUT2D eigenvalue weighted by molar-refractivity contribution is 5.33. The minimum absolute atomic E-state index is 0.300. The molecule has 0 amide bonds. The molecule has 1 fully saturated rings. The van der Waals surface area contributed by atoms with E-state index in [1.54, 1.807) is 6.20 Å². The third-order valence-corrected chi connectivity index (χ3v) is 2.30. The van der Waals surface area contributed by atoms with Crippen molar-refractivity contribution in [2.75, 3.05) is 0 Å². The van der Waals surface area contributed by atoms with Gasteiger partial charge in [0.2, 0.25) is 5.95 Å². The van der Waals surface area contributed by atoms with E-state index >= 15 is 0 Å². The zero-order chi connectivity index (χ0) is 10.1. The molecule has 0 radical (unpaired) electrons. The maximum absolute atomic E-state index is 12.9. The Morgan fingerprint density at radius 2 is 2.21 bits per heavy atom. The van der Waals surface area contributed by atoms with E-state index in [2.05, 4.69) is 18.8 Å². The lowest BCUT2D eigenvalue weighted by molar-refractivity contribution is 0.296. The summed E-state index contributed by atoms with van der Waals surface area (Å²) in [5.74, 6) is 0.511. The van der Waals surface area contributed by atoms with Crippen molar-refractivity contribution < 1.29 is 9.13 Å². The lowest BCUT2D eigenvalue weighted by Crippen LogP contribution is -2.02. The van der Waals surface area contributed by atoms with E-state index in [1.165, 1.54) is 6.07 Å². The fourth-order valence-corrected chi connectivity index (χ4v) is 1.32. The molecule has 2 nitrogen and oxygen atoms in total. The van der Waals surface area contributed by atoms with Crippen molar-refractivity contribution in [3.63, 3.8) is 0 Å². The molecule has 1 aliphatic rings. The van der Waals surface area contributed by atoms with Crippen molar-refractivity contribution in [2.45, 2.75) is 38.7 Å². The van der Waals surface area contributed by atoms with Crippen LogP contribution in [-0.2, 0) is 0 Å². The minimum atomic E-state index is -0.468. The SMILES string of the molecule is CC(C)c1cnc(F)cc1OC1CC1. The zero-order valence-corrected chi connectivity index (χ0v) is 8.46. The maximum Gasteiger partial charge on any atom is 0.216 e. The number of nitrogens with zero attached hydrogens (tertiary/aromatic N) is 1. The second kappa shape index (κ2) is 3.56. The lowest BCUT2D eigenvalue weighted by Gasteiger charge is -2.12. The Morgan fingerprint density at radius 1 is 1.50 bits per heavy atom. The number of ether oxygens (including phenoxy) is 1. The van der Waals surface area contributed by atoms with E-state index in [-0.39, 0.29) is 0 Å². The Bertz CT molecular complexity index is 334. The molecule has 0 aromatic carbocycles. The van der Waals surface area contributed by atoms with Crippen LogP contribution in [0.3, 0.4) is 0 Å². The van der Waals surface area contributed by atoms with Crippen molar-refractivity contribution in [1.82, 2.24) is 4.98 Å². The molecule has 0 atom stereocenters. The van der Waals surface area contributed by atoms with Crippen molar-refractivity contribution in [1.29, 1.82) is 0 Å². The summed E-state index contributed by atoms with van der Waals surface area (Å²) in [6.45, 7) is 4.10. The van der Waals surface area contributed by atoms with E-state index in [0.717, 1.165) is 18.4 Å². The standard InChI is InChI=1S/C11H14FNO/c1-7(2)9-6-13-11(12)5-10(9)14-8-3-4-8/h5-8H,3-4H2,1-2H3. The molecule has 76 valence electrons. The molecular weight excluding hydrogens is 181 g/mol. The van der Waals surface area contributed by atoms with Gasteiger partial charge < -0.3 is 4.74 Å². The third kappa shape index (κ3) is 2.03. The number of pyridine rings is 1. The molecule has 0 unspecified atom stereocenters. The molecule has 0 spiro atoms. The summed E-state index contributed by atoms with van der Waals surface area (Å²) in [7, 11) is 0.